The summed E-state index contributed by atoms with van der Waals surface area (Å²) in [5, 5.41) is 0. The van der Waals surface area contributed by atoms with Crippen LogP contribution >= 0.6 is 0 Å². The fraction of sp³-hybridized carbons (Fsp3) is 0.857. The summed E-state index contributed by atoms with van der Waals surface area (Å²) in [4.78, 5) is 0. The smallest absolute Gasteiger partial charge is 0.0824 e. The molecule has 84 valence electrons. The quantitative estimate of drug-likeness (QED) is 0.492. The van der Waals surface area contributed by atoms with Gasteiger partial charge in [-0.15, -0.1) is 0 Å². The van der Waals surface area contributed by atoms with Crippen molar-refractivity contribution in [3.05, 3.63) is 12.2 Å². The molecule has 1 nitrogen and oxygen atoms in total. The average Bonchev–Trinajstić information content (AvgIpc) is 2.84. The Hall–Kier alpha value is -0.300. The van der Waals surface area contributed by atoms with Crippen molar-refractivity contribution in [3.8, 4) is 0 Å². The van der Waals surface area contributed by atoms with E-state index in [0.717, 1.165) is 23.7 Å². The number of likely N-dealkylation sites (tertiary alicyclic amines) is 1. The summed E-state index contributed by atoms with van der Waals surface area (Å²) in [5.41, 5.74) is 0. The van der Waals surface area contributed by atoms with Crippen LogP contribution in [0, 0.1) is 23.7 Å². The highest BCUT2D eigenvalue weighted by atomic mass is 15.4. The van der Waals surface area contributed by atoms with Crippen LogP contribution < -0.4 is 0 Å². The number of hydrogen-bond donors (Lipinski definition) is 0. The molecule has 2 aliphatic carbocycles. The Morgan fingerprint density at radius 1 is 1.13 bits per heavy atom. The van der Waals surface area contributed by atoms with Gasteiger partial charge in [-0.1, -0.05) is 25.5 Å². The zero-order chi connectivity index (χ0) is 10.5. The normalized spacial score (nSPS) is 51.3. The van der Waals surface area contributed by atoms with Crippen molar-refractivity contribution in [1.29, 1.82) is 0 Å². The number of allylic oxidation sites excluding steroid dienone is 2. The molecule has 2 fully saturated rings. The molecule has 5 atom stereocenters. The van der Waals surface area contributed by atoms with Gasteiger partial charge in [-0.05, 0) is 24.7 Å². The van der Waals surface area contributed by atoms with E-state index in [-0.39, 0.29) is 0 Å². The van der Waals surface area contributed by atoms with Gasteiger partial charge in [-0.2, -0.15) is 0 Å². The lowest BCUT2D eigenvalue weighted by Crippen LogP contribution is -2.43. The number of rotatable bonds is 3. The van der Waals surface area contributed by atoms with Crippen molar-refractivity contribution >= 4 is 0 Å². The lowest BCUT2D eigenvalue weighted by Gasteiger charge is -2.31. The van der Waals surface area contributed by atoms with Crippen LogP contribution in [0.1, 0.15) is 26.2 Å². The summed E-state index contributed by atoms with van der Waals surface area (Å²) < 4.78 is 1.37. The Morgan fingerprint density at radius 3 is 2.27 bits per heavy atom. The number of hydrogen-bond acceptors (Lipinski definition) is 0. The summed E-state index contributed by atoms with van der Waals surface area (Å²) in [5.74, 6) is 4.01. The van der Waals surface area contributed by atoms with Crippen molar-refractivity contribution in [2.45, 2.75) is 26.2 Å². The monoisotopic (exact) mass is 206 g/mol. The number of nitrogens with zero attached hydrogens (tertiary/aromatic N) is 1. The Bertz CT molecular complexity index is 261. The highest BCUT2D eigenvalue weighted by Crippen LogP contribution is 2.52. The third-order valence-corrected chi connectivity index (χ3v) is 5.15. The minimum Gasteiger partial charge on any atom is -0.326 e. The molecule has 0 aromatic rings. The third-order valence-electron chi connectivity index (χ3n) is 5.15. The Labute approximate surface area is 93.7 Å². The molecule has 1 heterocycles. The zero-order valence-corrected chi connectivity index (χ0v) is 10.2. The molecule has 0 amide bonds. The van der Waals surface area contributed by atoms with Crippen LogP contribution in [-0.2, 0) is 0 Å². The van der Waals surface area contributed by atoms with Gasteiger partial charge in [0.1, 0.15) is 0 Å². The number of fused-ring (bicyclic) bond motifs is 5. The van der Waals surface area contributed by atoms with Crippen molar-refractivity contribution < 1.29 is 4.48 Å². The topological polar surface area (TPSA) is 0 Å². The van der Waals surface area contributed by atoms with Gasteiger partial charge in [0.05, 0.1) is 26.7 Å². The summed E-state index contributed by atoms with van der Waals surface area (Å²) in [7, 11) is 2.49. The van der Waals surface area contributed by atoms with Gasteiger partial charge in [-0.25, -0.2) is 0 Å². The third kappa shape index (κ3) is 1.47. The van der Waals surface area contributed by atoms with E-state index >= 15 is 0 Å². The van der Waals surface area contributed by atoms with Crippen molar-refractivity contribution in [2.75, 3.05) is 26.7 Å². The van der Waals surface area contributed by atoms with Gasteiger partial charge in [0.25, 0.3) is 0 Å². The first-order valence-corrected chi connectivity index (χ1v) is 6.74. The predicted molar refractivity (Wildman–Crippen MR) is 63.4 cm³/mol. The fourth-order valence-electron chi connectivity index (χ4n) is 4.38. The van der Waals surface area contributed by atoms with Gasteiger partial charge >= 0.3 is 0 Å². The van der Waals surface area contributed by atoms with Gasteiger partial charge in [0.15, 0.2) is 0 Å². The highest BCUT2D eigenvalue weighted by molar-refractivity contribution is 5.14. The second kappa shape index (κ2) is 3.35. The second-order valence-electron chi connectivity index (χ2n) is 6.34. The molecule has 0 aromatic carbocycles. The van der Waals surface area contributed by atoms with E-state index in [0.29, 0.717) is 0 Å². The van der Waals surface area contributed by atoms with E-state index in [2.05, 4.69) is 26.1 Å². The molecule has 2 bridgehead atoms. The minimum absolute atomic E-state index is 0.960. The lowest BCUT2D eigenvalue weighted by molar-refractivity contribution is -0.901. The Morgan fingerprint density at radius 2 is 1.73 bits per heavy atom. The van der Waals surface area contributed by atoms with Crippen LogP contribution in [0.25, 0.3) is 0 Å². The number of unbranched alkanes of at least 4 members (excludes halogenated alkanes) is 1. The molecule has 1 saturated heterocycles. The molecule has 1 aliphatic heterocycles. The molecule has 1 heteroatoms. The average molecular weight is 206 g/mol. The van der Waals surface area contributed by atoms with Crippen LogP contribution in [0.2, 0.25) is 0 Å². The van der Waals surface area contributed by atoms with Crippen molar-refractivity contribution in [3.63, 3.8) is 0 Å². The molecule has 0 spiro atoms. The first-order chi connectivity index (χ1) is 7.22. The standard InChI is InChI=1S/C14H24N/c1-3-4-7-15(2)9-13-11-5-6-12(8-11)14(13)10-15/h5-6,11-14H,3-4,7-10H2,1-2H3/q+1/t11-,12-,13-,14+,15?/m0/s1. The van der Waals surface area contributed by atoms with Crippen LogP contribution in [-0.4, -0.2) is 31.2 Å². The molecule has 15 heavy (non-hydrogen) atoms. The zero-order valence-electron chi connectivity index (χ0n) is 10.2. The molecule has 3 rings (SSSR count). The Balaban J connectivity index is 1.70. The molecule has 0 radical (unpaired) electrons. The SMILES string of the molecule is CCCC[N+]1(C)C[C@@H]2[C@H](C1)[C@H]1C=C[C@H]2C1. The van der Waals surface area contributed by atoms with Gasteiger partial charge < -0.3 is 4.48 Å². The molecule has 0 aromatic heterocycles. The second-order valence-corrected chi connectivity index (χ2v) is 6.34. The molecule has 1 saturated carbocycles. The molecule has 3 aliphatic rings. The molecule has 1 unspecified atom stereocenters. The van der Waals surface area contributed by atoms with E-state index in [1.54, 1.807) is 0 Å². The maximum absolute atomic E-state index is 2.52. The summed E-state index contributed by atoms with van der Waals surface area (Å²) in [6.07, 6.45) is 9.29. The molecular formula is C14H24N+. The van der Waals surface area contributed by atoms with Crippen molar-refractivity contribution in [1.82, 2.24) is 0 Å². The fourth-order valence-corrected chi connectivity index (χ4v) is 4.38. The maximum Gasteiger partial charge on any atom is 0.0824 e. The van der Waals surface area contributed by atoms with E-state index in [9.17, 15) is 0 Å². The summed E-state index contributed by atoms with van der Waals surface area (Å²) in [6, 6.07) is 0. The van der Waals surface area contributed by atoms with Crippen molar-refractivity contribution in [2.24, 2.45) is 23.7 Å². The molecular weight excluding hydrogens is 182 g/mol. The highest BCUT2D eigenvalue weighted by Gasteiger charge is 2.54. The molecule has 0 N–H and O–H groups in total. The van der Waals surface area contributed by atoms with E-state index in [1.807, 2.05) is 0 Å². The van der Waals surface area contributed by atoms with E-state index in [1.165, 1.54) is 43.4 Å². The lowest BCUT2D eigenvalue weighted by atomic mass is 9.86. The largest absolute Gasteiger partial charge is 0.326 e. The van der Waals surface area contributed by atoms with Crippen LogP contribution in [0.5, 0.6) is 0 Å². The Kier molecular flexibility index (Phi) is 2.21. The minimum atomic E-state index is 0.960. The van der Waals surface area contributed by atoms with E-state index < -0.39 is 0 Å². The van der Waals surface area contributed by atoms with Gasteiger partial charge in [0, 0.05) is 11.8 Å². The van der Waals surface area contributed by atoms with E-state index in [4.69, 9.17) is 0 Å². The van der Waals surface area contributed by atoms with Gasteiger partial charge in [0.2, 0.25) is 0 Å². The summed E-state index contributed by atoms with van der Waals surface area (Å²) >= 11 is 0. The first-order valence-electron chi connectivity index (χ1n) is 6.74. The first kappa shape index (κ1) is 9.89. The predicted octanol–water partition coefficient (Wildman–Crippen LogP) is 2.69. The maximum atomic E-state index is 2.52. The van der Waals surface area contributed by atoms with Gasteiger partial charge in [-0.3, -0.25) is 0 Å². The van der Waals surface area contributed by atoms with Crippen LogP contribution in [0.3, 0.4) is 0 Å². The van der Waals surface area contributed by atoms with Crippen LogP contribution in [0.15, 0.2) is 12.2 Å². The summed E-state index contributed by atoms with van der Waals surface area (Å²) in [6.45, 7) is 6.67. The van der Waals surface area contributed by atoms with Crippen LogP contribution in [0.4, 0.5) is 0 Å². The number of quaternary nitrogens is 1.